The third-order valence-corrected chi connectivity index (χ3v) is 6.02. The van der Waals surface area contributed by atoms with Crippen LogP contribution < -0.4 is 16.0 Å². The van der Waals surface area contributed by atoms with E-state index in [4.69, 9.17) is 4.74 Å². The highest BCUT2D eigenvalue weighted by atomic mass is 16.5. The van der Waals surface area contributed by atoms with Gasteiger partial charge >= 0.3 is 18.0 Å². The Morgan fingerprint density at radius 2 is 1.83 bits per heavy atom. The summed E-state index contributed by atoms with van der Waals surface area (Å²) in [5.74, 6) is -0.471. The lowest BCUT2D eigenvalue weighted by atomic mass is 9.94. The van der Waals surface area contributed by atoms with Crippen molar-refractivity contribution in [1.82, 2.24) is 10.2 Å². The number of amides is 4. The van der Waals surface area contributed by atoms with Crippen LogP contribution in [-0.4, -0.2) is 35.6 Å². The molecule has 3 rings (SSSR count). The average Bonchev–Trinajstić information content (AvgIpc) is 2.83. The standard InChI is InChI=1S/C28H36N4O4/c1-6-8-16-32-19(5)24(26(33)36-18(3)4)25(31-28(32)35)21-13-11-14-22(17-21)29-27(34)30-23-15-10-9-12-20(23)7-2/h9-15,17-18,25H,6-8,16H2,1-5H3,(H,31,35)(H2,29,30,34). The Labute approximate surface area is 213 Å². The van der Waals surface area contributed by atoms with Crippen molar-refractivity contribution in [2.75, 3.05) is 17.2 Å². The number of anilines is 2. The molecule has 8 nitrogen and oxygen atoms in total. The number of esters is 1. The normalized spacial score (nSPS) is 15.6. The van der Waals surface area contributed by atoms with E-state index in [0.29, 0.717) is 29.1 Å². The maximum absolute atomic E-state index is 13.1. The van der Waals surface area contributed by atoms with Gasteiger partial charge in [0.25, 0.3) is 0 Å². The smallest absolute Gasteiger partial charge is 0.338 e. The molecule has 0 aliphatic carbocycles. The molecule has 3 N–H and O–H groups in total. The zero-order chi connectivity index (χ0) is 26.2. The van der Waals surface area contributed by atoms with Gasteiger partial charge in [-0.25, -0.2) is 14.4 Å². The van der Waals surface area contributed by atoms with Gasteiger partial charge in [-0.15, -0.1) is 0 Å². The minimum Gasteiger partial charge on any atom is -0.459 e. The highest BCUT2D eigenvalue weighted by Crippen LogP contribution is 2.33. The van der Waals surface area contributed by atoms with Gasteiger partial charge in [0, 0.05) is 23.6 Å². The van der Waals surface area contributed by atoms with Crippen molar-refractivity contribution < 1.29 is 19.1 Å². The van der Waals surface area contributed by atoms with Gasteiger partial charge in [0.05, 0.1) is 17.7 Å². The first kappa shape index (κ1) is 26.8. The highest BCUT2D eigenvalue weighted by Gasteiger charge is 2.36. The fourth-order valence-electron chi connectivity index (χ4n) is 4.19. The van der Waals surface area contributed by atoms with Crippen LogP contribution in [0.25, 0.3) is 0 Å². The van der Waals surface area contributed by atoms with E-state index in [1.54, 1.807) is 43.9 Å². The Morgan fingerprint density at radius 1 is 1.08 bits per heavy atom. The first-order valence-corrected chi connectivity index (χ1v) is 12.5. The number of para-hydroxylation sites is 1. The number of hydrogen-bond acceptors (Lipinski definition) is 4. The summed E-state index contributed by atoms with van der Waals surface area (Å²) in [7, 11) is 0. The van der Waals surface area contributed by atoms with Crippen LogP contribution in [0.1, 0.15) is 64.6 Å². The summed E-state index contributed by atoms with van der Waals surface area (Å²) in [6.45, 7) is 9.95. The van der Waals surface area contributed by atoms with Gasteiger partial charge in [-0.05, 0) is 62.9 Å². The molecule has 0 fully saturated rings. The molecule has 192 valence electrons. The molecule has 0 aromatic heterocycles. The second-order valence-corrected chi connectivity index (χ2v) is 9.06. The number of carbonyl (C=O) groups excluding carboxylic acids is 3. The van der Waals surface area contributed by atoms with Crippen molar-refractivity contribution in [3.05, 3.63) is 70.9 Å². The fourth-order valence-corrected chi connectivity index (χ4v) is 4.19. The molecule has 8 heteroatoms. The number of nitrogens with zero attached hydrogens (tertiary/aromatic N) is 1. The maximum Gasteiger partial charge on any atom is 0.338 e. The van der Waals surface area contributed by atoms with Crippen molar-refractivity contribution in [3.63, 3.8) is 0 Å². The molecule has 4 amide bonds. The summed E-state index contributed by atoms with van der Waals surface area (Å²) < 4.78 is 5.53. The van der Waals surface area contributed by atoms with E-state index in [9.17, 15) is 14.4 Å². The Balaban J connectivity index is 1.88. The number of nitrogens with one attached hydrogen (secondary N) is 3. The van der Waals surface area contributed by atoms with Crippen LogP contribution in [0.2, 0.25) is 0 Å². The summed E-state index contributed by atoms with van der Waals surface area (Å²) in [6.07, 6.45) is 2.23. The Hall–Kier alpha value is -3.81. The molecule has 2 aromatic carbocycles. The van der Waals surface area contributed by atoms with Crippen LogP contribution in [0.5, 0.6) is 0 Å². The van der Waals surface area contributed by atoms with Gasteiger partial charge in [-0.2, -0.15) is 0 Å². The third kappa shape index (κ3) is 6.44. The monoisotopic (exact) mass is 492 g/mol. The third-order valence-electron chi connectivity index (χ3n) is 6.02. The van der Waals surface area contributed by atoms with Gasteiger partial charge in [0.1, 0.15) is 0 Å². The predicted molar refractivity (Wildman–Crippen MR) is 142 cm³/mol. The summed E-state index contributed by atoms with van der Waals surface area (Å²) in [5.41, 5.74) is 3.95. The van der Waals surface area contributed by atoms with Crippen LogP contribution in [0.15, 0.2) is 59.8 Å². The summed E-state index contributed by atoms with van der Waals surface area (Å²) in [6, 6.07) is 13.4. The largest absolute Gasteiger partial charge is 0.459 e. The molecule has 1 aliphatic rings. The van der Waals surface area contributed by atoms with Crippen molar-refractivity contribution in [1.29, 1.82) is 0 Å². The van der Waals surface area contributed by atoms with E-state index in [2.05, 4.69) is 16.0 Å². The maximum atomic E-state index is 13.1. The quantitative estimate of drug-likeness (QED) is 0.375. The summed E-state index contributed by atoms with van der Waals surface area (Å²) in [5, 5.41) is 8.70. The minimum atomic E-state index is -0.702. The van der Waals surface area contributed by atoms with E-state index >= 15 is 0 Å². The second kappa shape index (κ2) is 12.2. The minimum absolute atomic E-state index is 0.265. The predicted octanol–water partition coefficient (Wildman–Crippen LogP) is 5.99. The van der Waals surface area contributed by atoms with Gasteiger partial charge in [0.2, 0.25) is 0 Å². The van der Waals surface area contributed by atoms with E-state index < -0.39 is 12.0 Å². The van der Waals surface area contributed by atoms with Gasteiger partial charge in [-0.3, -0.25) is 4.90 Å². The number of aryl methyl sites for hydroxylation is 1. The van der Waals surface area contributed by atoms with Crippen molar-refractivity contribution in [3.8, 4) is 0 Å². The van der Waals surface area contributed by atoms with Gasteiger partial charge < -0.3 is 20.7 Å². The SMILES string of the molecule is CCCCN1C(=O)NC(c2cccc(NC(=O)Nc3ccccc3CC)c2)C(C(=O)OC(C)C)=C1C. The van der Waals surface area contributed by atoms with E-state index in [1.165, 1.54) is 0 Å². The average molecular weight is 493 g/mol. The molecule has 0 saturated carbocycles. The molecule has 1 atom stereocenters. The van der Waals surface area contributed by atoms with Crippen molar-refractivity contribution >= 4 is 29.4 Å². The van der Waals surface area contributed by atoms with Crippen LogP contribution in [0.4, 0.5) is 21.0 Å². The topological polar surface area (TPSA) is 99.8 Å². The Morgan fingerprint density at radius 3 is 2.53 bits per heavy atom. The zero-order valence-corrected chi connectivity index (χ0v) is 21.7. The zero-order valence-electron chi connectivity index (χ0n) is 21.7. The fraction of sp³-hybridized carbons (Fsp3) is 0.393. The molecule has 1 unspecified atom stereocenters. The molecule has 0 bridgehead atoms. The molecule has 1 aliphatic heterocycles. The lowest BCUT2D eigenvalue weighted by molar-refractivity contribution is -0.143. The van der Waals surface area contributed by atoms with Crippen LogP contribution in [-0.2, 0) is 16.0 Å². The van der Waals surface area contributed by atoms with Crippen LogP contribution in [0.3, 0.4) is 0 Å². The van der Waals surface area contributed by atoms with Crippen molar-refractivity contribution in [2.24, 2.45) is 0 Å². The van der Waals surface area contributed by atoms with Crippen LogP contribution in [0, 0.1) is 0 Å². The molecule has 0 radical (unpaired) electrons. The molecule has 0 saturated heterocycles. The number of carbonyl (C=O) groups is 3. The lowest BCUT2D eigenvalue weighted by Gasteiger charge is -2.35. The molecule has 0 spiro atoms. The number of ether oxygens (including phenoxy) is 1. The molecule has 2 aromatic rings. The number of unbranched alkanes of at least 4 members (excludes halogenated alkanes) is 1. The molecule has 1 heterocycles. The summed E-state index contributed by atoms with van der Waals surface area (Å²) >= 11 is 0. The first-order chi connectivity index (χ1) is 17.2. The Kier molecular flexibility index (Phi) is 9.11. The van der Waals surface area contributed by atoms with Crippen LogP contribution >= 0.6 is 0 Å². The number of hydrogen-bond donors (Lipinski definition) is 3. The molecular weight excluding hydrogens is 456 g/mol. The molecule has 36 heavy (non-hydrogen) atoms. The number of allylic oxidation sites excluding steroid dienone is 1. The second-order valence-electron chi connectivity index (χ2n) is 9.06. The number of rotatable bonds is 9. The van der Waals surface area contributed by atoms with Gasteiger partial charge in [-0.1, -0.05) is 50.6 Å². The van der Waals surface area contributed by atoms with Gasteiger partial charge in [0.15, 0.2) is 0 Å². The van der Waals surface area contributed by atoms with E-state index in [1.807, 2.05) is 44.2 Å². The van der Waals surface area contributed by atoms with E-state index in [0.717, 1.165) is 30.5 Å². The van der Waals surface area contributed by atoms with E-state index in [-0.39, 0.29) is 18.2 Å². The number of benzene rings is 2. The summed E-state index contributed by atoms with van der Waals surface area (Å²) in [4.78, 5) is 40.4. The highest BCUT2D eigenvalue weighted by molar-refractivity contribution is 6.00. The lowest BCUT2D eigenvalue weighted by Crippen LogP contribution is -2.48. The first-order valence-electron chi connectivity index (χ1n) is 12.5. The molecular formula is C28H36N4O4. The van der Waals surface area contributed by atoms with Crippen molar-refractivity contribution in [2.45, 2.75) is 66.0 Å². The number of urea groups is 2. The Bertz CT molecular complexity index is 1140.